The molecule has 0 bridgehead atoms. The number of piperidine rings is 1. The summed E-state index contributed by atoms with van der Waals surface area (Å²) in [6, 6.07) is 7.35. The molecule has 4 heteroatoms. The normalized spacial score (nSPS) is 27.0. The monoisotopic (exact) mass is 363 g/mol. The molecule has 1 saturated heterocycles. The predicted octanol–water partition coefficient (Wildman–Crippen LogP) is 5.03. The van der Waals surface area contributed by atoms with E-state index in [2.05, 4.69) is 27.7 Å². The fraction of sp³-hybridized carbons (Fsp3) is 0.667. The molecule has 2 atom stereocenters. The summed E-state index contributed by atoms with van der Waals surface area (Å²) in [5, 5.41) is 0.680. The van der Waals surface area contributed by atoms with Crippen LogP contribution < -0.4 is 4.74 Å². The van der Waals surface area contributed by atoms with Crippen LogP contribution >= 0.6 is 11.6 Å². The molecule has 1 aromatic carbocycles. The molecule has 0 unspecified atom stereocenters. The number of benzene rings is 1. The Bertz CT molecular complexity index is 605. The van der Waals surface area contributed by atoms with Crippen LogP contribution in [0.15, 0.2) is 24.3 Å². The lowest BCUT2D eigenvalue weighted by Crippen LogP contribution is -2.49. The highest BCUT2D eigenvalue weighted by molar-refractivity contribution is 6.30. The summed E-state index contributed by atoms with van der Waals surface area (Å²) >= 11 is 5.97. The third-order valence-corrected chi connectivity index (χ3v) is 6.26. The zero-order valence-corrected chi connectivity index (χ0v) is 16.6. The molecule has 138 valence electrons. The van der Waals surface area contributed by atoms with Gasteiger partial charge in [-0.25, -0.2) is 0 Å². The highest BCUT2D eigenvalue weighted by atomic mass is 35.5. The van der Waals surface area contributed by atoms with Gasteiger partial charge in [0, 0.05) is 30.5 Å². The van der Waals surface area contributed by atoms with Gasteiger partial charge in [-0.05, 0) is 54.9 Å². The minimum Gasteiger partial charge on any atom is -0.477 e. The summed E-state index contributed by atoms with van der Waals surface area (Å²) in [7, 11) is 0. The van der Waals surface area contributed by atoms with Crippen LogP contribution in [-0.4, -0.2) is 29.5 Å². The number of halogens is 1. The smallest absolute Gasteiger partial charge is 0.267 e. The van der Waals surface area contributed by atoms with Gasteiger partial charge in [-0.3, -0.25) is 4.79 Å². The molecule has 0 aromatic heterocycles. The van der Waals surface area contributed by atoms with Gasteiger partial charge in [0.15, 0.2) is 5.60 Å². The molecule has 3 rings (SSSR count). The van der Waals surface area contributed by atoms with Crippen molar-refractivity contribution in [3.8, 4) is 5.75 Å². The van der Waals surface area contributed by atoms with Crippen LogP contribution in [0.1, 0.15) is 47.0 Å². The van der Waals surface area contributed by atoms with Gasteiger partial charge in [0.25, 0.3) is 5.91 Å². The Morgan fingerprint density at radius 3 is 2.20 bits per heavy atom. The number of hydrogen-bond acceptors (Lipinski definition) is 2. The SMILES string of the molecule is CC(C)C1CCN(C(=O)[C@]2(Oc3ccc(Cl)cc3)C[C@@H]2C(C)C)CC1. The summed E-state index contributed by atoms with van der Waals surface area (Å²) in [5.74, 6) is 3.07. The van der Waals surface area contributed by atoms with Crippen molar-refractivity contribution in [3.05, 3.63) is 29.3 Å². The third kappa shape index (κ3) is 3.81. The van der Waals surface area contributed by atoms with Gasteiger partial charge in [-0.1, -0.05) is 39.3 Å². The van der Waals surface area contributed by atoms with Gasteiger partial charge >= 0.3 is 0 Å². The average Bonchev–Trinajstić information content (AvgIpc) is 3.32. The van der Waals surface area contributed by atoms with E-state index < -0.39 is 5.60 Å². The van der Waals surface area contributed by atoms with Crippen molar-refractivity contribution < 1.29 is 9.53 Å². The number of nitrogens with zero attached hydrogens (tertiary/aromatic N) is 1. The average molecular weight is 364 g/mol. The lowest BCUT2D eigenvalue weighted by molar-refractivity contribution is -0.143. The van der Waals surface area contributed by atoms with E-state index in [-0.39, 0.29) is 5.91 Å². The fourth-order valence-electron chi connectivity index (χ4n) is 4.20. The maximum absolute atomic E-state index is 13.3. The van der Waals surface area contributed by atoms with Crippen LogP contribution in [0.25, 0.3) is 0 Å². The molecule has 25 heavy (non-hydrogen) atoms. The van der Waals surface area contributed by atoms with E-state index >= 15 is 0 Å². The standard InChI is InChI=1S/C21H30ClNO2/c1-14(2)16-9-11-23(12-10-16)20(24)21(13-19(21)15(3)4)25-18-7-5-17(22)6-8-18/h5-8,14-16,19H,9-13H2,1-4H3/t19-,21+/m1/s1. The molecule has 1 aliphatic carbocycles. The molecular weight excluding hydrogens is 334 g/mol. The fourth-order valence-corrected chi connectivity index (χ4v) is 4.32. The summed E-state index contributed by atoms with van der Waals surface area (Å²) in [6.45, 7) is 10.6. The van der Waals surface area contributed by atoms with Crippen LogP contribution in [-0.2, 0) is 4.79 Å². The Morgan fingerprint density at radius 2 is 1.72 bits per heavy atom. The summed E-state index contributed by atoms with van der Waals surface area (Å²) in [5.41, 5.74) is -0.674. The Hall–Kier alpha value is -1.22. The number of ether oxygens (including phenoxy) is 1. The Morgan fingerprint density at radius 1 is 1.12 bits per heavy atom. The zero-order chi connectivity index (χ0) is 18.2. The second-order valence-corrected chi connectivity index (χ2v) is 8.81. The third-order valence-electron chi connectivity index (χ3n) is 6.01. The van der Waals surface area contributed by atoms with Gasteiger partial charge in [-0.2, -0.15) is 0 Å². The molecule has 1 aromatic rings. The molecule has 0 spiro atoms. The number of carbonyl (C=O) groups excluding carboxylic acids is 1. The van der Waals surface area contributed by atoms with Crippen LogP contribution in [0.2, 0.25) is 5.02 Å². The molecule has 2 fully saturated rings. The Labute approximate surface area is 156 Å². The lowest BCUT2D eigenvalue weighted by atomic mass is 9.86. The molecule has 1 aliphatic heterocycles. The van der Waals surface area contributed by atoms with Crippen LogP contribution in [0.3, 0.4) is 0 Å². The van der Waals surface area contributed by atoms with Crippen molar-refractivity contribution in [2.24, 2.45) is 23.7 Å². The Kier molecular flexibility index (Phi) is 5.34. The number of likely N-dealkylation sites (tertiary alicyclic amines) is 1. The van der Waals surface area contributed by atoms with E-state index in [0.29, 0.717) is 22.8 Å². The van der Waals surface area contributed by atoms with Crippen LogP contribution in [0.5, 0.6) is 5.75 Å². The molecular formula is C21H30ClNO2. The van der Waals surface area contributed by atoms with E-state index in [0.717, 1.165) is 44.0 Å². The van der Waals surface area contributed by atoms with Gasteiger partial charge in [0.2, 0.25) is 0 Å². The number of carbonyl (C=O) groups is 1. The maximum atomic E-state index is 13.3. The van der Waals surface area contributed by atoms with Crippen LogP contribution in [0.4, 0.5) is 0 Å². The molecule has 0 radical (unpaired) electrons. The number of hydrogen-bond donors (Lipinski definition) is 0. The second-order valence-electron chi connectivity index (χ2n) is 8.37. The van der Waals surface area contributed by atoms with E-state index in [1.54, 1.807) is 0 Å². The molecule has 3 nitrogen and oxygen atoms in total. The summed E-state index contributed by atoms with van der Waals surface area (Å²) in [6.07, 6.45) is 3.02. The van der Waals surface area contributed by atoms with Gasteiger partial charge in [-0.15, -0.1) is 0 Å². The first kappa shape index (κ1) is 18.6. The Balaban J connectivity index is 1.73. The summed E-state index contributed by atoms with van der Waals surface area (Å²) < 4.78 is 6.28. The molecule has 0 N–H and O–H groups in total. The van der Waals surface area contributed by atoms with Crippen molar-refractivity contribution in [1.82, 2.24) is 4.90 Å². The topological polar surface area (TPSA) is 29.5 Å². The van der Waals surface area contributed by atoms with E-state index in [1.807, 2.05) is 29.2 Å². The largest absolute Gasteiger partial charge is 0.477 e. The molecule has 1 saturated carbocycles. The highest BCUT2D eigenvalue weighted by Gasteiger charge is 2.65. The first-order valence-electron chi connectivity index (χ1n) is 9.57. The van der Waals surface area contributed by atoms with Gasteiger partial charge in [0.05, 0.1) is 0 Å². The predicted molar refractivity (Wildman–Crippen MR) is 102 cm³/mol. The molecule has 1 heterocycles. The van der Waals surface area contributed by atoms with E-state index in [9.17, 15) is 4.79 Å². The second kappa shape index (κ2) is 7.19. The quantitative estimate of drug-likeness (QED) is 0.734. The van der Waals surface area contributed by atoms with Crippen LogP contribution in [0, 0.1) is 23.7 Å². The first-order valence-corrected chi connectivity index (χ1v) is 9.95. The van der Waals surface area contributed by atoms with E-state index in [4.69, 9.17) is 16.3 Å². The van der Waals surface area contributed by atoms with Crippen molar-refractivity contribution in [2.45, 2.75) is 52.6 Å². The minimum absolute atomic E-state index is 0.184. The summed E-state index contributed by atoms with van der Waals surface area (Å²) in [4.78, 5) is 15.4. The minimum atomic E-state index is -0.674. The number of rotatable bonds is 5. The molecule has 1 amide bonds. The lowest BCUT2D eigenvalue weighted by Gasteiger charge is -2.36. The zero-order valence-electron chi connectivity index (χ0n) is 15.8. The molecule has 2 aliphatic rings. The highest BCUT2D eigenvalue weighted by Crippen LogP contribution is 2.53. The van der Waals surface area contributed by atoms with Gasteiger partial charge in [0.1, 0.15) is 5.75 Å². The first-order chi connectivity index (χ1) is 11.8. The van der Waals surface area contributed by atoms with Crippen molar-refractivity contribution >= 4 is 17.5 Å². The van der Waals surface area contributed by atoms with Crippen molar-refractivity contribution in [2.75, 3.05) is 13.1 Å². The number of amides is 1. The van der Waals surface area contributed by atoms with Crippen molar-refractivity contribution in [1.29, 1.82) is 0 Å². The van der Waals surface area contributed by atoms with Crippen molar-refractivity contribution in [3.63, 3.8) is 0 Å². The van der Waals surface area contributed by atoms with E-state index in [1.165, 1.54) is 0 Å². The maximum Gasteiger partial charge on any atom is 0.267 e. The van der Waals surface area contributed by atoms with Gasteiger partial charge < -0.3 is 9.64 Å².